The summed E-state index contributed by atoms with van der Waals surface area (Å²) in [4.78, 5) is 16.6. The van der Waals surface area contributed by atoms with Crippen LogP contribution in [0.15, 0.2) is 12.1 Å². The van der Waals surface area contributed by atoms with Gasteiger partial charge in [-0.3, -0.25) is 4.79 Å². The number of amides is 1. The highest BCUT2D eigenvalue weighted by molar-refractivity contribution is 7.87. The lowest BCUT2D eigenvalue weighted by atomic mass is 10.0. The van der Waals surface area contributed by atoms with Crippen LogP contribution >= 0.6 is 0 Å². The Kier molecular flexibility index (Phi) is 4.15. The van der Waals surface area contributed by atoms with Crippen LogP contribution in [0.4, 0.5) is 0 Å². The summed E-state index contributed by atoms with van der Waals surface area (Å²) in [5, 5.41) is 0. The Morgan fingerprint density at radius 1 is 1.22 bits per heavy atom. The van der Waals surface area contributed by atoms with Crippen molar-refractivity contribution in [1.82, 2.24) is 13.6 Å². The van der Waals surface area contributed by atoms with Crippen molar-refractivity contribution in [3.63, 3.8) is 0 Å². The lowest BCUT2D eigenvalue weighted by Crippen LogP contribution is -2.39. The summed E-state index contributed by atoms with van der Waals surface area (Å²) >= 11 is 0. The molecule has 3 rings (SSSR count). The third kappa shape index (κ3) is 2.74. The van der Waals surface area contributed by atoms with Gasteiger partial charge >= 0.3 is 10.2 Å². The van der Waals surface area contributed by atoms with Gasteiger partial charge in [-0.2, -0.15) is 17.7 Å². The molecule has 23 heavy (non-hydrogen) atoms. The van der Waals surface area contributed by atoms with Gasteiger partial charge in [-0.1, -0.05) is 6.42 Å². The average Bonchev–Trinajstić information content (AvgIpc) is 2.76. The second-order valence-electron chi connectivity index (χ2n) is 5.54. The van der Waals surface area contributed by atoms with Crippen molar-refractivity contribution in [3.05, 3.63) is 17.7 Å². The maximum absolute atomic E-state index is 12.6. The Hall–Kier alpha value is -1.87. The number of rotatable bonds is 4. The van der Waals surface area contributed by atoms with Crippen molar-refractivity contribution in [1.29, 1.82) is 0 Å². The van der Waals surface area contributed by atoms with Crippen molar-refractivity contribution < 1.29 is 22.7 Å². The molecule has 9 heteroatoms. The number of pyridine rings is 1. The predicted molar refractivity (Wildman–Crippen MR) is 81.2 cm³/mol. The fourth-order valence-corrected chi connectivity index (χ4v) is 4.78. The quantitative estimate of drug-likeness (QED) is 0.794. The molecule has 1 aromatic rings. The highest BCUT2D eigenvalue weighted by Gasteiger charge is 2.50. The molecule has 0 aromatic carbocycles. The van der Waals surface area contributed by atoms with Crippen LogP contribution in [0, 0.1) is 0 Å². The van der Waals surface area contributed by atoms with E-state index in [1.807, 2.05) is 0 Å². The molecule has 2 saturated heterocycles. The minimum atomic E-state index is -3.76. The number of fused-ring (bicyclic) bond motifs is 1. The standard InChI is InChI=1S/C14H19N3O5S/c1-21-12-7-10(8-13(15-12)22-2)9-17-14(18)11-5-3-4-6-16(11)23(17,19)20/h7-8,11H,3-6,9H2,1-2H3. The van der Waals surface area contributed by atoms with Gasteiger partial charge in [0.2, 0.25) is 11.8 Å². The van der Waals surface area contributed by atoms with Gasteiger partial charge in [-0.05, 0) is 18.4 Å². The molecule has 0 saturated carbocycles. The summed E-state index contributed by atoms with van der Waals surface area (Å²) in [6.07, 6.45) is 2.23. The number of aromatic nitrogens is 1. The molecule has 0 N–H and O–H groups in total. The van der Waals surface area contributed by atoms with Gasteiger partial charge in [0, 0.05) is 18.7 Å². The van der Waals surface area contributed by atoms with Crippen LogP contribution in [0.3, 0.4) is 0 Å². The van der Waals surface area contributed by atoms with Crippen molar-refractivity contribution in [2.24, 2.45) is 0 Å². The first kappa shape index (κ1) is 16.0. The molecule has 2 aliphatic heterocycles. The van der Waals surface area contributed by atoms with E-state index in [-0.39, 0.29) is 12.5 Å². The Bertz CT molecular complexity index is 699. The monoisotopic (exact) mass is 341 g/mol. The van der Waals surface area contributed by atoms with E-state index in [0.717, 1.165) is 17.1 Å². The normalized spacial score (nSPS) is 23.7. The van der Waals surface area contributed by atoms with Crippen molar-refractivity contribution >= 4 is 16.1 Å². The fraction of sp³-hybridized carbons (Fsp3) is 0.571. The van der Waals surface area contributed by atoms with Gasteiger partial charge in [-0.15, -0.1) is 0 Å². The van der Waals surface area contributed by atoms with Gasteiger partial charge in [0.1, 0.15) is 6.04 Å². The third-order valence-electron chi connectivity index (χ3n) is 4.14. The van der Waals surface area contributed by atoms with Crippen molar-refractivity contribution in [2.45, 2.75) is 31.8 Å². The van der Waals surface area contributed by atoms with Gasteiger partial charge in [0.05, 0.1) is 20.8 Å². The number of carbonyl (C=O) groups is 1. The molecule has 1 amide bonds. The second kappa shape index (κ2) is 5.97. The first-order valence-electron chi connectivity index (χ1n) is 7.39. The minimum absolute atomic E-state index is 0.0522. The van der Waals surface area contributed by atoms with Crippen LogP contribution in [0.5, 0.6) is 11.8 Å². The molecule has 0 aliphatic carbocycles. The van der Waals surface area contributed by atoms with E-state index in [2.05, 4.69) is 4.98 Å². The number of hydrogen-bond donors (Lipinski definition) is 0. The van der Waals surface area contributed by atoms with Crippen molar-refractivity contribution in [3.8, 4) is 11.8 Å². The number of nitrogens with zero attached hydrogens (tertiary/aromatic N) is 3. The third-order valence-corrected chi connectivity index (χ3v) is 6.04. The zero-order valence-corrected chi connectivity index (χ0v) is 13.9. The molecule has 2 aliphatic rings. The molecule has 8 nitrogen and oxygen atoms in total. The SMILES string of the molecule is COc1cc(CN2C(=O)C3CCCCN3S2(=O)=O)cc(OC)n1. The first-order chi connectivity index (χ1) is 11.0. The van der Waals surface area contributed by atoms with E-state index in [0.29, 0.717) is 30.3 Å². The molecular weight excluding hydrogens is 322 g/mol. The topological polar surface area (TPSA) is 89.0 Å². The maximum Gasteiger partial charge on any atom is 0.307 e. The van der Waals surface area contributed by atoms with Crippen LogP contribution in [0.1, 0.15) is 24.8 Å². The fourth-order valence-electron chi connectivity index (χ4n) is 2.99. The van der Waals surface area contributed by atoms with Crippen LogP contribution in [0.25, 0.3) is 0 Å². The molecule has 126 valence electrons. The molecule has 0 bridgehead atoms. The molecule has 2 fully saturated rings. The summed E-state index contributed by atoms with van der Waals surface area (Å²) in [5.74, 6) is 0.252. The number of carbonyl (C=O) groups excluding carboxylic acids is 1. The summed E-state index contributed by atoms with van der Waals surface area (Å²) < 4.78 is 37.6. The number of ether oxygens (including phenoxy) is 2. The Morgan fingerprint density at radius 2 is 1.87 bits per heavy atom. The van der Waals surface area contributed by atoms with E-state index in [1.165, 1.54) is 18.5 Å². The van der Waals surface area contributed by atoms with E-state index >= 15 is 0 Å². The zero-order chi connectivity index (χ0) is 16.6. The van der Waals surface area contributed by atoms with E-state index in [1.54, 1.807) is 12.1 Å². The molecule has 1 atom stereocenters. The smallest absolute Gasteiger partial charge is 0.307 e. The van der Waals surface area contributed by atoms with Crippen molar-refractivity contribution in [2.75, 3.05) is 20.8 Å². The van der Waals surface area contributed by atoms with E-state index in [9.17, 15) is 13.2 Å². The van der Waals surface area contributed by atoms with Gasteiger partial charge in [-0.25, -0.2) is 4.31 Å². The summed E-state index contributed by atoms with van der Waals surface area (Å²) in [6.45, 7) is 0.349. The second-order valence-corrected chi connectivity index (χ2v) is 7.34. The highest BCUT2D eigenvalue weighted by Crippen LogP contribution is 2.32. The van der Waals surface area contributed by atoms with E-state index in [4.69, 9.17) is 9.47 Å². The summed E-state index contributed by atoms with van der Waals surface area (Å²) in [5.41, 5.74) is 0.588. The molecule has 1 aromatic heterocycles. The van der Waals surface area contributed by atoms with Crippen LogP contribution < -0.4 is 9.47 Å². The average molecular weight is 341 g/mol. The maximum atomic E-state index is 12.6. The lowest BCUT2D eigenvalue weighted by Gasteiger charge is -2.24. The minimum Gasteiger partial charge on any atom is -0.481 e. The Morgan fingerprint density at radius 3 is 2.43 bits per heavy atom. The highest BCUT2D eigenvalue weighted by atomic mass is 32.2. The Balaban J connectivity index is 1.91. The number of methoxy groups -OCH3 is 2. The molecule has 3 heterocycles. The van der Waals surface area contributed by atoms with Gasteiger partial charge < -0.3 is 9.47 Å². The van der Waals surface area contributed by atoms with Crippen LogP contribution in [0.2, 0.25) is 0 Å². The molecular formula is C14H19N3O5S. The molecule has 0 radical (unpaired) electrons. The summed E-state index contributed by atoms with van der Waals surface area (Å²) in [6, 6.07) is 2.64. The number of hydrogen-bond acceptors (Lipinski definition) is 6. The number of piperidine rings is 1. The predicted octanol–water partition coefficient (Wildman–Crippen LogP) is 0.540. The first-order valence-corrected chi connectivity index (χ1v) is 8.79. The lowest BCUT2D eigenvalue weighted by molar-refractivity contribution is -0.128. The van der Waals surface area contributed by atoms with Gasteiger partial charge in [0.15, 0.2) is 0 Å². The van der Waals surface area contributed by atoms with Crippen LogP contribution in [-0.2, 0) is 21.5 Å². The molecule has 0 spiro atoms. The van der Waals surface area contributed by atoms with Gasteiger partial charge in [0.25, 0.3) is 5.91 Å². The molecule has 1 unspecified atom stereocenters. The largest absolute Gasteiger partial charge is 0.481 e. The zero-order valence-electron chi connectivity index (χ0n) is 13.1. The van der Waals surface area contributed by atoms with E-state index < -0.39 is 16.3 Å². The van der Waals surface area contributed by atoms with Crippen LogP contribution in [-0.4, -0.2) is 54.7 Å². The Labute approximate surface area is 135 Å². The summed E-state index contributed by atoms with van der Waals surface area (Å²) in [7, 11) is -0.836.